The molecule has 0 saturated heterocycles. The topological polar surface area (TPSA) is 55.4 Å². The number of fused-ring (bicyclic) bond motifs is 2. The van der Waals surface area contributed by atoms with Crippen LogP contribution in [0.1, 0.15) is 50.7 Å². The highest BCUT2D eigenvalue weighted by molar-refractivity contribution is 5.48. The summed E-state index contributed by atoms with van der Waals surface area (Å²) in [4.78, 5) is 0. The van der Waals surface area contributed by atoms with Crippen molar-refractivity contribution in [2.24, 2.45) is 0 Å². The van der Waals surface area contributed by atoms with E-state index in [1.807, 2.05) is 24.3 Å². The van der Waals surface area contributed by atoms with Crippen LogP contribution in [0.2, 0.25) is 0 Å². The van der Waals surface area contributed by atoms with Crippen molar-refractivity contribution in [1.29, 1.82) is 0 Å². The molecule has 0 unspecified atom stereocenters. The third-order valence-electron chi connectivity index (χ3n) is 5.20. The molecule has 0 N–H and O–H groups in total. The molecule has 0 fully saturated rings. The minimum atomic E-state index is 0.324. The second-order valence-corrected chi connectivity index (χ2v) is 8.31. The number of hydrogen-bond acceptors (Lipinski definition) is 6. The summed E-state index contributed by atoms with van der Waals surface area (Å²) in [6.07, 6.45) is 0. The van der Waals surface area contributed by atoms with Crippen LogP contribution in [0.5, 0.6) is 23.0 Å². The zero-order valence-electron chi connectivity index (χ0n) is 19.7. The van der Waals surface area contributed by atoms with Crippen molar-refractivity contribution in [2.75, 3.05) is 52.9 Å². The first-order valence-electron chi connectivity index (χ1n) is 11.5. The Hall–Kier alpha value is -2.44. The Morgan fingerprint density at radius 2 is 1.16 bits per heavy atom. The van der Waals surface area contributed by atoms with E-state index in [4.69, 9.17) is 28.4 Å². The van der Waals surface area contributed by atoms with Gasteiger partial charge in [-0.05, 0) is 35.6 Å². The van der Waals surface area contributed by atoms with Crippen LogP contribution < -0.4 is 18.9 Å². The van der Waals surface area contributed by atoms with Crippen molar-refractivity contribution >= 4 is 0 Å². The van der Waals surface area contributed by atoms with Gasteiger partial charge in [-0.25, -0.2) is 0 Å². The smallest absolute Gasteiger partial charge is 0.164 e. The van der Waals surface area contributed by atoms with Gasteiger partial charge in [-0.2, -0.15) is 0 Å². The van der Waals surface area contributed by atoms with E-state index in [9.17, 15) is 0 Å². The standard InChI is InChI=1S/C26H36O6/c1-19(2)21-8-9-23-25(18-21)31-16-12-27-11-15-30-24-7-5-6-22(20(3)4)26(24)32-17-13-28-10-14-29-23/h5-9,18-20H,10-17H2,1-4H3. The van der Waals surface area contributed by atoms with Crippen LogP contribution in [0.15, 0.2) is 36.4 Å². The summed E-state index contributed by atoms with van der Waals surface area (Å²) in [5.74, 6) is 3.69. The fourth-order valence-electron chi connectivity index (χ4n) is 3.41. The van der Waals surface area contributed by atoms with E-state index in [0.717, 1.165) is 22.8 Å². The second-order valence-electron chi connectivity index (χ2n) is 8.31. The van der Waals surface area contributed by atoms with Gasteiger partial charge in [0.05, 0.1) is 26.4 Å². The van der Waals surface area contributed by atoms with Gasteiger partial charge in [0.1, 0.15) is 26.4 Å². The lowest BCUT2D eigenvalue weighted by atomic mass is 10.0. The SMILES string of the molecule is CC(C)c1ccc2c(c1)OCCOCCOc1cccc(C(C)C)c1OCCOCCO2. The fraction of sp³-hybridized carbons (Fsp3) is 0.538. The van der Waals surface area contributed by atoms with Crippen LogP contribution >= 0.6 is 0 Å². The normalized spacial score (nSPS) is 16.4. The summed E-state index contributed by atoms with van der Waals surface area (Å²) in [6.45, 7) is 12.2. The molecule has 3 rings (SSSR count). The summed E-state index contributed by atoms with van der Waals surface area (Å²) in [5.41, 5.74) is 2.32. The molecule has 0 aromatic heterocycles. The Balaban J connectivity index is 1.65. The highest BCUT2D eigenvalue weighted by atomic mass is 16.6. The van der Waals surface area contributed by atoms with Crippen molar-refractivity contribution in [1.82, 2.24) is 0 Å². The Labute approximate surface area is 191 Å². The maximum absolute atomic E-state index is 6.07. The summed E-state index contributed by atoms with van der Waals surface area (Å²) >= 11 is 0. The molecule has 6 nitrogen and oxygen atoms in total. The van der Waals surface area contributed by atoms with Gasteiger partial charge in [0.15, 0.2) is 23.0 Å². The Morgan fingerprint density at radius 3 is 1.78 bits per heavy atom. The van der Waals surface area contributed by atoms with Crippen LogP contribution in [0.3, 0.4) is 0 Å². The Bertz CT molecular complexity index is 827. The minimum Gasteiger partial charge on any atom is -0.487 e. The Kier molecular flexibility index (Phi) is 9.50. The molecule has 0 saturated carbocycles. The third-order valence-corrected chi connectivity index (χ3v) is 5.20. The van der Waals surface area contributed by atoms with Gasteiger partial charge in [-0.1, -0.05) is 45.9 Å². The quantitative estimate of drug-likeness (QED) is 0.635. The first-order chi connectivity index (χ1) is 15.6. The Morgan fingerprint density at radius 1 is 0.562 bits per heavy atom. The van der Waals surface area contributed by atoms with Gasteiger partial charge in [-0.15, -0.1) is 0 Å². The summed E-state index contributed by atoms with van der Waals surface area (Å²) in [7, 11) is 0. The number of hydrogen-bond donors (Lipinski definition) is 0. The van der Waals surface area contributed by atoms with E-state index >= 15 is 0 Å². The molecule has 2 aromatic rings. The van der Waals surface area contributed by atoms with Crippen molar-refractivity contribution < 1.29 is 28.4 Å². The monoisotopic (exact) mass is 444 g/mol. The van der Waals surface area contributed by atoms with Crippen LogP contribution in [-0.4, -0.2) is 52.9 Å². The highest BCUT2D eigenvalue weighted by Crippen LogP contribution is 2.36. The molecule has 32 heavy (non-hydrogen) atoms. The molecule has 2 aromatic carbocycles. The molecule has 0 amide bonds. The third kappa shape index (κ3) is 7.04. The largest absolute Gasteiger partial charge is 0.487 e. The average Bonchev–Trinajstić information content (AvgIpc) is 2.78. The van der Waals surface area contributed by atoms with Crippen LogP contribution in [0.4, 0.5) is 0 Å². The molecule has 0 aliphatic carbocycles. The van der Waals surface area contributed by atoms with Gasteiger partial charge in [-0.3, -0.25) is 0 Å². The maximum atomic E-state index is 6.07. The molecule has 0 bridgehead atoms. The molecule has 0 spiro atoms. The molecular formula is C26H36O6. The summed E-state index contributed by atoms with van der Waals surface area (Å²) in [6, 6.07) is 12.1. The van der Waals surface area contributed by atoms with Crippen molar-refractivity contribution in [3.8, 4) is 23.0 Å². The van der Waals surface area contributed by atoms with Crippen LogP contribution in [0, 0.1) is 0 Å². The van der Waals surface area contributed by atoms with Gasteiger partial charge in [0.25, 0.3) is 0 Å². The number of ether oxygens (including phenoxy) is 6. The van der Waals surface area contributed by atoms with Crippen molar-refractivity contribution in [2.45, 2.75) is 39.5 Å². The van der Waals surface area contributed by atoms with Crippen molar-refractivity contribution in [3.63, 3.8) is 0 Å². The molecule has 1 aliphatic heterocycles. The van der Waals surface area contributed by atoms with Crippen LogP contribution in [0.25, 0.3) is 0 Å². The van der Waals surface area contributed by atoms with Crippen molar-refractivity contribution in [3.05, 3.63) is 47.5 Å². The number of rotatable bonds is 2. The summed E-state index contributed by atoms with van der Waals surface area (Å²) in [5, 5.41) is 0. The van der Waals surface area contributed by atoms with E-state index in [0.29, 0.717) is 70.4 Å². The van der Waals surface area contributed by atoms with Gasteiger partial charge < -0.3 is 28.4 Å². The average molecular weight is 445 g/mol. The van der Waals surface area contributed by atoms with E-state index < -0.39 is 0 Å². The van der Waals surface area contributed by atoms with Gasteiger partial charge in [0.2, 0.25) is 0 Å². The van der Waals surface area contributed by atoms with E-state index in [2.05, 4.69) is 39.8 Å². The maximum Gasteiger partial charge on any atom is 0.164 e. The first kappa shape index (κ1) is 24.2. The van der Waals surface area contributed by atoms with Crippen LogP contribution in [-0.2, 0) is 9.47 Å². The molecule has 0 atom stereocenters. The lowest BCUT2D eigenvalue weighted by molar-refractivity contribution is 0.0637. The lowest BCUT2D eigenvalue weighted by Crippen LogP contribution is -2.16. The molecule has 1 aliphatic rings. The minimum absolute atomic E-state index is 0.324. The van der Waals surface area contributed by atoms with E-state index in [1.54, 1.807) is 0 Å². The first-order valence-corrected chi connectivity index (χ1v) is 11.5. The number of para-hydroxylation sites is 1. The fourth-order valence-corrected chi connectivity index (χ4v) is 3.41. The predicted molar refractivity (Wildman–Crippen MR) is 125 cm³/mol. The van der Waals surface area contributed by atoms with Gasteiger partial charge in [0, 0.05) is 5.56 Å². The zero-order chi connectivity index (χ0) is 22.8. The molecule has 0 radical (unpaired) electrons. The summed E-state index contributed by atoms with van der Waals surface area (Å²) < 4.78 is 35.4. The second kappa shape index (κ2) is 12.6. The number of benzene rings is 2. The molecule has 1 heterocycles. The molecule has 6 heteroatoms. The highest BCUT2D eigenvalue weighted by Gasteiger charge is 2.14. The predicted octanol–water partition coefficient (Wildman–Crippen LogP) is 5.20. The van der Waals surface area contributed by atoms with E-state index in [1.165, 1.54) is 5.56 Å². The molecular weight excluding hydrogens is 408 g/mol. The van der Waals surface area contributed by atoms with E-state index in [-0.39, 0.29) is 0 Å². The molecule has 176 valence electrons. The zero-order valence-corrected chi connectivity index (χ0v) is 19.7. The lowest BCUT2D eigenvalue weighted by Gasteiger charge is -2.19. The van der Waals surface area contributed by atoms with Gasteiger partial charge >= 0.3 is 0 Å².